The van der Waals surface area contributed by atoms with Gasteiger partial charge in [-0.15, -0.1) is 0 Å². The number of thiophene rings is 1. The molecule has 1 aromatic heterocycles. The summed E-state index contributed by atoms with van der Waals surface area (Å²) in [5, 5.41) is 10.3. The molecule has 2 aromatic rings. The normalized spacial score (nSPS) is 15.1. The maximum absolute atomic E-state index is 11.3. The summed E-state index contributed by atoms with van der Waals surface area (Å²) in [6.45, 7) is 2.18. The van der Waals surface area contributed by atoms with Crippen molar-refractivity contribution in [2.24, 2.45) is 0 Å². The van der Waals surface area contributed by atoms with Gasteiger partial charge in [0, 0.05) is 17.1 Å². The monoisotopic (exact) mass is 274 g/mol. The molecule has 1 atom stereocenters. The molecule has 1 aliphatic heterocycles. The van der Waals surface area contributed by atoms with Crippen molar-refractivity contribution in [3.8, 4) is 5.75 Å². The largest absolute Gasteiger partial charge is 0.482 e. The van der Waals surface area contributed by atoms with Crippen molar-refractivity contribution < 1.29 is 9.53 Å². The van der Waals surface area contributed by atoms with Crippen LogP contribution in [0.25, 0.3) is 0 Å². The highest BCUT2D eigenvalue weighted by Gasteiger charge is 2.17. The lowest BCUT2D eigenvalue weighted by Crippen LogP contribution is -2.25. The number of hydrogen-bond acceptors (Lipinski definition) is 4. The Morgan fingerprint density at radius 2 is 2.32 bits per heavy atom. The van der Waals surface area contributed by atoms with Crippen LogP contribution in [0, 0.1) is 0 Å². The Morgan fingerprint density at radius 1 is 1.42 bits per heavy atom. The molecule has 0 radical (unpaired) electrons. The molecular formula is C14H14N2O2S. The summed E-state index contributed by atoms with van der Waals surface area (Å²) >= 11 is 1.66. The van der Waals surface area contributed by atoms with Crippen LogP contribution in [-0.4, -0.2) is 12.5 Å². The van der Waals surface area contributed by atoms with Gasteiger partial charge in [-0.05, 0) is 36.1 Å². The van der Waals surface area contributed by atoms with E-state index in [-0.39, 0.29) is 18.6 Å². The minimum absolute atomic E-state index is 0.0923. The fraction of sp³-hybridized carbons (Fsp3) is 0.214. The maximum atomic E-state index is 11.3. The first-order chi connectivity index (χ1) is 9.22. The van der Waals surface area contributed by atoms with E-state index in [4.69, 9.17) is 4.74 Å². The zero-order valence-electron chi connectivity index (χ0n) is 10.5. The predicted molar refractivity (Wildman–Crippen MR) is 76.9 cm³/mol. The SMILES string of the molecule is CC(Nc1ccsc1)c1ccc2c(c1)NC(=O)CO2. The fourth-order valence-electron chi connectivity index (χ4n) is 2.05. The van der Waals surface area contributed by atoms with E-state index in [1.165, 1.54) is 0 Å². The first kappa shape index (κ1) is 12.0. The molecule has 1 aliphatic rings. The van der Waals surface area contributed by atoms with Gasteiger partial charge in [-0.1, -0.05) is 6.07 Å². The van der Waals surface area contributed by atoms with Crippen molar-refractivity contribution in [1.82, 2.24) is 0 Å². The van der Waals surface area contributed by atoms with E-state index in [0.29, 0.717) is 0 Å². The van der Waals surface area contributed by atoms with Gasteiger partial charge in [0.2, 0.25) is 0 Å². The summed E-state index contributed by atoms with van der Waals surface area (Å²) in [5.74, 6) is 0.620. The quantitative estimate of drug-likeness (QED) is 0.903. The van der Waals surface area contributed by atoms with Gasteiger partial charge in [0.15, 0.2) is 6.61 Å². The molecule has 1 unspecified atom stereocenters. The molecule has 2 heterocycles. The summed E-state index contributed by atoms with van der Waals surface area (Å²) in [7, 11) is 0. The van der Waals surface area contributed by atoms with E-state index < -0.39 is 0 Å². The van der Waals surface area contributed by atoms with Gasteiger partial charge in [0.1, 0.15) is 5.75 Å². The lowest BCUT2D eigenvalue weighted by Gasteiger charge is -2.21. The molecule has 98 valence electrons. The lowest BCUT2D eigenvalue weighted by molar-refractivity contribution is -0.118. The molecule has 3 rings (SSSR count). The lowest BCUT2D eigenvalue weighted by atomic mass is 10.1. The molecule has 19 heavy (non-hydrogen) atoms. The molecule has 2 N–H and O–H groups in total. The van der Waals surface area contributed by atoms with Gasteiger partial charge in [0.25, 0.3) is 5.91 Å². The highest BCUT2D eigenvalue weighted by atomic mass is 32.1. The Labute approximate surface area is 115 Å². The molecule has 4 nitrogen and oxygen atoms in total. The summed E-state index contributed by atoms with van der Waals surface area (Å²) < 4.78 is 5.35. The van der Waals surface area contributed by atoms with Crippen LogP contribution in [0.2, 0.25) is 0 Å². The Hall–Kier alpha value is -2.01. The number of rotatable bonds is 3. The molecule has 0 aliphatic carbocycles. The highest BCUT2D eigenvalue weighted by Crippen LogP contribution is 2.31. The van der Waals surface area contributed by atoms with Crippen LogP contribution in [0.4, 0.5) is 11.4 Å². The second kappa shape index (κ2) is 4.93. The zero-order chi connectivity index (χ0) is 13.2. The van der Waals surface area contributed by atoms with Crippen molar-refractivity contribution in [2.75, 3.05) is 17.2 Å². The average molecular weight is 274 g/mol. The van der Waals surface area contributed by atoms with Crippen LogP contribution in [-0.2, 0) is 4.79 Å². The third-order valence-electron chi connectivity index (χ3n) is 3.04. The van der Waals surface area contributed by atoms with Gasteiger partial charge in [0.05, 0.1) is 5.69 Å². The van der Waals surface area contributed by atoms with Crippen LogP contribution in [0.15, 0.2) is 35.0 Å². The van der Waals surface area contributed by atoms with Gasteiger partial charge >= 0.3 is 0 Å². The highest BCUT2D eigenvalue weighted by molar-refractivity contribution is 7.08. The summed E-state index contributed by atoms with van der Waals surface area (Å²) in [5.41, 5.74) is 2.96. The number of fused-ring (bicyclic) bond motifs is 1. The third-order valence-corrected chi connectivity index (χ3v) is 3.72. The van der Waals surface area contributed by atoms with Gasteiger partial charge < -0.3 is 15.4 Å². The van der Waals surface area contributed by atoms with Crippen LogP contribution >= 0.6 is 11.3 Å². The van der Waals surface area contributed by atoms with E-state index >= 15 is 0 Å². The molecule has 1 amide bonds. The van der Waals surface area contributed by atoms with E-state index in [1.54, 1.807) is 11.3 Å². The summed E-state index contributed by atoms with van der Waals surface area (Å²) in [4.78, 5) is 11.3. The number of nitrogens with one attached hydrogen (secondary N) is 2. The summed E-state index contributed by atoms with van der Waals surface area (Å²) in [6.07, 6.45) is 0. The van der Waals surface area contributed by atoms with Crippen molar-refractivity contribution in [3.63, 3.8) is 0 Å². The van der Waals surface area contributed by atoms with Crippen LogP contribution in [0.1, 0.15) is 18.5 Å². The third kappa shape index (κ3) is 2.56. The second-order valence-electron chi connectivity index (χ2n) is 4.47. The average Bonchev–Trinajstić information content (AvgIpc) is 2.90. The molecule has 0 bridgehead atoms. The number of carbonyl (C=O) groups excluding carboxylic acids is 1. The molecule has 0 saturated carbocycles. The van der Waals surface area contributed by atoms with Crippen LogP contribution in [0.5, 0.6) is 5.75 Å². The van der Waals surface area contributed by atoms with E-state index in [0.717, 1.165) is 22.7 Å². The predicted octanol–water partition coefficient (Wildman–Crippen LogP) is 3.25. The number of benzene rings is 1. The smallest absolute Gasteiger partial charge is 0.262 e. The van der Waals surface area contributed by atoms with Crippen molar-refractivity contribution in [1.29, 1.82) is 0 Å². The minimum atomic E-state index is -0.108. The Kier molecular flexibility index (Phi) is 3.13. The standard InChI is InChI=1S/C14H14N2O2S/c1-9(15-11-4-5-19-8-11)10-2-3-13-12(6-10)16-14(17)7-18-13/h2-6,8-9,15H,7H2,1H3,(H,16,17). The number of hydrogen-bond donors (Lipinski definition) is 2. The van der Waals surface area contributed by atoms with Crippen LogP contribution in [0.3, 0.4) is 0 Å². The number of carbonyl (C=O) groups is 1. The second-order valence-corrected chi connectivity index (χ2v) is 5.25. The van der Waals surface area contributed by atoms with E-state index in [2.05, 4.69) is 22.9 Å². The molecule has 0 saturated heterocycles. The Balaban J connectivity index is 1.81. The molecule has 1 aromatic carbocycles. The van der Waals surface area contributed by atoms with Crippen molar-refractivity contribution in [3.05, 3.63) is 40.6 Å². The number of amides is 1. The Morgan fingerprint density at radius 3 is 3.11 bits per heavy atom. The Bertz CT molecular complexity index is 595. The maximum Gasteiger partial charge on any atom is 0.262 e. The zero-order valence-corrected chi connectivity index (χ0v) is 11.3. The first-order valence-electron chi connectivity index (χ1n) is 6.08. The molecular weight excluding hydrogens is 260 g/mol. The minimum Gasteiger partial charge on any atom is -0.482 e. The fourth-order valence-corrected chi connectivity index (χ4v) is 2.65. The van der Waals surface area contributed by atoms with E-state index in [1.807, 2.05) is 29.6 Å². The first-order valence-corrected chi connectivity index (χ1v) is 7.02. The van der Waals surface area contributed by atoms with Gasteiger partial charge in [-0.2, -0.15) is 11.3 Å². The molecule has 0 spiro atoms. The van der Waals surface area contributed by atoms with Crippen LogP contribution < -0.4 is 15.4 Å². The number of ether oxygens (including phenoxy) is 1. The van der Waals surface area contributed by atoms with E-state index in [9.17, 15) is 4.79 Å². The van der Waals surface area contributed by atoms with Crippen molar-refractivity contribution in [2.45, 2.75) is 13.0 Å². The number of anilines is 2. The summed E-state index contributed by atoms with van der Waals surface area (Å²) in [6, 6.07) is 8.08. The molecule has 0 fully saturated rings. The van der Waals surface area contributed by atoms with Gasteiger partial charge in [-0.25, -0.2) is 0 Å². The topological polar surface area (TPSA) is 50.4 Å². The van der Waals surface area contributed by atoms with Crippen molar-refractivity contribution >= 4 is 28.6 Å². The van der Waals surface area contributed by atoms with Gasteiger partial charge in [-0.3, -0.25) is 4.79 Å². The molecule has 5 heteroatoms.